The molecule has 5 heteroatoms. The van der Waals surface area contributed by atoms with E-state index in [1.54, 1.807) is 0 Å². The highest BCUT2D eigenvalue weighted by Crippen LogP contribution is 2.35. The zero-order chi connectivity index (χ0) is 15.3. The van der Waals surface area contributed by atoms with Crippen molar-refractivity contribution in [2.45, 2.75) is 5.41 Å². The Morgan fingerprint density at radius 3 is 1.86 bits per heavy atom. The molecule has 108 valence electrons. The summed E-state index contributed by atoms with van der Waals surface area (Å²) < 4.78 is 27.3. The average Bonchev–Trinajstić information content (AvgIpc) is 2.52. The Morgan fingerprint density at radius 1 is 0.952 bits per heavy atom. The van der Waals surface area contributed by atoms with E-state index in [1.807, 2.05) is 0 Å². The Labute approximate surface area is 120 Å². The van der Waals surface area contributed by atoms with E-state index in [9.17, 15) is 18.7 Å². The van der Waals surface area contributed by atoms with Crippen LogP contribution in [0.25, 0.3) is 0 Å². The van der Waals surface area contributed by atoms with Crippen LogP contribution in [0, 0.1) is 0 Å². The van der Waals surface area contributed by atoms with Crippen LogP contribution in [0.2, 0.25) is 0 Å². The summed E-state index contributed by atoms with van der Waals surface area (Å²) in [5, 5.41) is 9.30. The van der Waals surface area contributed by atoms with Gasteiger partial charge in [0.2, 0.25) is 6.08 Å². The van der Waals surface area contributed by atoms with Crippen molar-refractivity contribution < 1.29 is 18.7 Å². The number of alkyl halides is 2. The summed E-state index contributed by atoms with van der Waals surface area (Å²) in [7, 11) is 0. The fraction of sp³-hybridized carbons (Fsp3) is 0.188. The van der Waals surface area contributed by atoms with Gasteiger partial charge in [-0.15, -0.1) is 0 Å². The van der Waals surface area contributed by atoms with Crippen molar-refractivity contribution >= 4 is 11.8 Å². The second-order valence-corrected chi connectivity index (χ2v) is 4.65. The minimum absolute atomic E-state index is 0.0287. The summed E-state index contributed by atoms with van der Waals surface area (Å²) in [5.74, 6) is 0.0287. The molecule has 2 aromatic carbocycles. The molecule has 0 saturated heterocycles. The number of halogens is 2. The first-order chi connectivity index (χ1) is 10.2. The van der Waals surface area contributed by atoms with Crippen LogP contribution >= 0.6 is 0 Å². The third-order valence-corrected chi connectivity index (χ3v) is 3.47. The summed E-state index contributed by atoms with van der Waals surface area (Å²) in [6, 6.07) is 11.8. The van der Waals surface area contributed by atoms with Gasteiger partial charge in [-0.3, -0.25) is 0 Å². The van der Waals surface area contributed by atoms with Crippen LogP contribution in [0.1, 0.15) is 11.1 Å². The van der Waals surface area contributed by atoms with Crippen LogP contribution < -0.4 is 0 Å². The Morgan fingerprint density at radius 2 is 1.43 bits per heavy atom. The maximum absolute atomic E-state index is 13.6. The molecule has 21 heavy (non-hydrogen) atoms. The third-order valence-electron chi connectivity index (χ3n) is 3.47. The molecule has 0 fully saturated rings. The van der Waals surface area contributed by atoms with Crippen LogP contribution in [-0.2, 0) is 10.2 Å². The van der Waals surface area contributed by atoms with Crippen molar-refractivity contribution in [3.8, 4) is 5.75 Å². The number of hydrogen-bond donors (Lipinski definition) is 1. The van der Waals surface area contributed by atoms with Gasteiger partial charge in [0.05, 0.1) is 11.1 Å². The molecule has 3 nitrogen and oxygen atoms in total. The van der Waals surface area contributed by atoms with E-state index < -0.39 is 18.8 Å². The zero-order valence-corrected chi connectivity index (χ0v) is 11.1. The number of rotatable bonds is 5. The summed E-state index contributed by atoms with van der Waals surface area (Å²) in [4.78, 5) is 13.6. The Bertz CT molecular complexity index is 643. The van der Waals surface area contributed by atoms with Crippen LogP contribution in [0.15, 0.2) is 53.5 Å². The first-order valence-electron chi connectivity index (χ1n) is 6.26. The fourth-order valence-electron chi connectivity index (χ4n) is 2.20. The molecule has 0 saturated carbocycles. The highest BCUT2D eigenvalue weighted by molar-refractivity contribution is 5.51. The molecule has 2 aromatic rings. The quantitative estimate of drug-likeness (QED) is 0.675. The van der Waals surface area contributed by atoms with E-state index >= 15 is 0 Å². The summed E-state index contributed by atoms with van der Waals surface area (Å²) in [5.41, 5.74) is -0.206. The summed E-state index contributed by atoms with van der Waals surface area (Å²) >= 11 is 0. The minimum atomic E-state index is -1.43. The van der Waals surface area contributed by atoms with Gasteiger partial charge in [-0.25, -0.2) is 13.6 Å². The second-order valence-electron chi connectivity index (χ2n) is 4.65. The number of phenols is 1. The molecular weight excluding hydrogens is 276 g/mol. The van der Waals surface area contributed by atoms with Crippen molar-refractivity contribution in [2.24, 2.45) is 4.99 Å². The Kier molecular flexibility index (Phi) is 4.45. The monoisotopic (exact) mass is 289 g/mol. The van der Waals surface area contributed by atoms with Crippen molar-refractivity contribution in [3.63, 3.8) is 0 Å². The smallest absolute Gasteiger partial charge is 0.240 e. The molecule has 1 N–H and O–H groups in total. The number of aliphatic imine (C=N–C) groups is 1. The first kappa shape index (κ1) is 14.9. The van der Waals surface area contributed by atoms with E-state index in [4.69, 9.17) is 0 Å². The maximum atomic E-state index is 13.6. The topological polar surface area (TPSA) is 49.7 Å². The van der Waals surface area contributed by atoms with E-state index in [1.165, 1.54) is 54.6 Å². The van der Waals surface area contributed by atoms with Gasteiger partial charge >= 0.3 is 0 Å². The van der Waals surface area contributed by atoms with Crippen molar-refractivity contribution in [1.82, 2.24) is 0 Å². The van der Waals surface area contributed by atoms with E-state index in [2.05, 4.69) is 4.99 Å². The third kappa shape index (κ3) is 2.83. The number of isocyanates is 1. The Balaban J connectivity index is 2.50. The lowest BCUT2D eigenvalue weighted by molar-refractivity contribution is 0.278. The van der Waals surface area contributed by atoms with Crippen LogP contribution in [-0.4, -0.2) is 24.5 Å². The van der Waals surface area contributed by atoms with Gasteiger partial charge in [0.25, 0.3) is 0 Å². The van der Waals surface area contributed by atoms with Gasteiger partial charge in [-0.1, -0.05) is 24.3 Å². The second kappa shape index (κ2) is 6.29. The van der Waals surface area contributed by atoms with Crippen LogP contribution in [0.5, 0.6) is 5.75 Å². The number of carbonyl (C=O) groups excluding carboxylic acids is 1. The molecule has 0 spiro atoms. The molecule has 0 bridgehead atoms. The lowest BCUT2D eigenvalue weighted by Gasteiger charge is -2.29. The van der Waals surface area contributed by atoms with E-state index in [-0.39, 0.29) is 5.75 Å². The van der Waals surface area contributed by atoms with E-state index in [0.717, 1.165) is 0 Å². The Hall–Kier alpha value is -2.52. The number of benzene rings is 2. The van der Waals surface area contributed by atoms with Gasteiger partial charge in [0.15, 0.2) is 0 Å². The van der Waals surface area contributed by atoms with Gasteiger partial charge in [0, 0.05) is 0 Å². The standard InChI is InChI=1S/C16H13F2NO2/c17-9-16(10-18,13-3-7-15(21)8-4-13)12-1-5-14(6-2-12)19-11-20/h1-8,21H,9-10H2. The minimum Gasteiger partial charge on any atom is -0.508 e. The lowest BCUT2D eigenvalue weighted by atomic mass is 9.76. The summed E-state index contributed by atoms with van der Waals surface area (Å²) in [6.07, 6.45) is 1.41. The predicted molar refractivity (Wildman–Crippen MR) is 75.1 cm³/mol. The first-order valence-corrected chi connectivity index (χ1v) is 6.26. The van der Waals surface area contributed by atoms with Crippen molar-refractivity contribution in [3.05, 3.63) is 59.7 Å². The zero-order valence-electron chi connectivity index (χ0n) is 11.1. The highest BCUT2D eigenvalue weighted by atomic mass is 19.1. The largest absolute Gasteiger partial charge is 0.508 e. The highest BCUT2D eigenvalue weighted by Gasteiger charge is 2.35. The molecule has 0 amide bonds. The molecular formula is C16H13F2NO2. The van der Waals surface area contributed by atoms with E-state index in [0.29, 0.717) is 16.8 Å². The van der Waals surface area contributed by atoms with Gasteiger partial charge < -0.3 is 5.11 Å². The molecule has 0 radical (unpaired) electrons. The van der Waals surface area contributed by atoms with Crippen LogP contribution in [0.4, 0.5) is 14.5 Å². The molecule has 0 unspecified atom stereocenters. The van der Waals surface area contributed by atoms with Gasteiger partial charge in [-0.2, -0.15) is 4.99 Å². The van der Waals surface area contributed by atoms with Gasteiger partial charge in [-0.05, 0) is 35.4 Å². The predicted octanol–water partition coefficient (Wildman–Crippen LogP) is 3.58. The van der Waals surface area contributed by atoms with Crippen molar-refractivity contribution in [1.29, 1.82) is 0 Å². The normalized spacial score (nSPS) is 11.0. The van der Waals surface area contributed by atoms with Crippen LogP contribution in [0.3, 0.4) is 0 Å². The van der Waals surface area contributed by atoms with Crippen molar-refractivity contribution in [2.75, 3.05) is 13.3 Å². The number of nitrogens with zero attached hydrogens (tertiary/aromatic N) is 1. The molecule has 2 rings (SSSR count). The number of aromatic hydroxyl groups is 1. The molecule has 0 atom stereocenters. The number of phenolic OH excluding ortho intramolecular Hbond substituents is 1. The fourth-order valence-corrected chi connectivity index (χ4v) is 2.20. The lowest BCUT2D eigenvalue weighted by Crippen LogP contribution is -2.32. The SMILES string of the molecule is O=C=Nc1ccc(C(CF)(CF)c2ccc(O)cc2)cc1. The molecule has 0 aromatic heterocycles. The maximum Gasteiger partial charge on any atom is 0.240 e. The average molecular weight is 289 g/mol. The molecule has 0 aliphatic heterocycles. The number of hydrogen-bond acceptors (Lipinski definition) is 3. The summed E-state index contributed by atoms with van der Waals surface area (Å²) in [6.45, 7) is -1.85. The van der Waals surface area contributed by atoms with Gasteiger partial charge in [0.1, 0.15) is 19.1 Å². The molecule has 0 aliphatic carbocycles. The molecule has 0 heterocycles. The molecule has 0 aliphatic rings.